The quantitative estimate of drug-likeness (QED) is 0.163. The normalized spacial score (nSPS) is 11.4. The third kappa shape index (κ3) is 5.96. The van der Waals surface area contributed by atoms with Gasteiger partial charge in [-0.05, 0) is 94.0 Å². The molecule has 9 aromatic carbocycles. The van der Waals surface area contributed by atoms with E-state index >= 15 is 0 Å². The van der Waals surface area contributed by atoms with Gasteiger partial charge in [-0.3, -0.25) is 0 Å². The van der Waals surface area contributed by atoms with Crippen molar-refractivity contribution in [1.29, 1.82) is 0 Å². The number of furan rings is 1. The van der Waals surface area contributed by atoms with Gasteiger partial charge in [0.15, 0.2) is 5.82 Å². The number of rotatable bonds is 7. The number of hydrogen-bond donors (Lipinski definition) is 0. The van der Waals surface area contributed by atoms with Crippen LogP contribution < -0.4 is 4.90 Å². The fourth-order valence-electron chi connectivity index (χ4n) is 8.18. The van der Waals surface area contributed by atoms with Crippen molar-refractivity contribution < 1.29 is 4.42 Å². The van der Waals surface area contributed by atoms with Crippen LogP contribution in [0.3, 0.4) is 0 Å². The van der Waals surface area contributed by atoms with E-state index in [0.29, 0.717) is 5.82 Å². The fraction of sp³-hybridized carbons (Fsp3) is 0. The second-order valence-corrected chi connectivity index (χ2v) is 14.6. The molecule has 0 amide bonds. The highest BCUT2D eigenvalue weighted by atomic mass is 16.3. The number of anilines is 3. The van der Waals surface area contributed by atoms with E-state index in [1.54, 1.807) is 0 Å². The van der Waals surface area contributed by atoms with Crippen molar-refractivity contribution in [2.45, 2.75) is 0 Å². The molecule has 2 heterocycles. The molecular formula is C54H35N3O. The predicted octanol–water partition coefficient (Wildman–Crippen LogP) is 14.8. The molecule has 0 spiro atoms. The third-order valence-corrected chi connectivity index (χ3v) is 11.0. The van der Waals surface area contributed by atoms with E-state index in [1.165, 1.54) is 10.8 Å². The third-order valence-electron chi connectivity index (χ3n) is 11.0. The molecule has 272 valence electrons. The zero-order chi connectivity index (χ0) is 38.4. The molecule has 0 unspecified atom stereocenters. The van der Waals surface area contributed by atoms with Crippen molar-refractivity contribution in [3.63, 3.8) is 0 Å². The SMILES string of the molecule is c1ccc(-c2cc(-c3ccccc3)nc(-c3cc4c5ccccc5oc4c4ccc(-c5ccc(N(c6ccccc6)c6ccc7ccccc7c6)cc5)cc34)n2)cc1. The smallest absolute Gasteiger partial charge is 0.161 e. The number of nitrogens with zero attached hydrogens (tertiary/aromatic N) is 3. The van der Waals surface area contributed by atoms with Crippen molar-refractivity contribution in [3.05, 3.63) is 212 Å². The summed E-state index contributed by atoms with van der Waals surface area (Å²) in [6.07, 6.45) is 0. The van der Waals surface area contributed by atoms with Crippen LogP contribution in [0, 0.1) is 0 Å². The van der Waals surface area contributed by atoms with Gasteiger partial charge in [0.1, 0.15) is 11.2 Å². The van der Waals surface area contributed by atoms with Crippen LogP contribution in [-0.2, 0) is 0 Å². The summed E-state index contributed by atoms with van der Waals surface area (Å²) in [6.45, 7) is 0. The van der Waals surface area contributed by atoms with Crippen molar-refractivity contribution >= 4 is 60.5 Å². The molecule has 0 radical (unpaired) electrons. The lowest BCUT2D eigenvalue weighted by molar-refractivity contribution is 0.672. The summed E-state index contributed by atoms with van der Waals surface area (Å²) < 4.78 is 6.59. The maximum absolute atomic E-state index is 6.59. The van der Waals surface area contributed by atoms with E-state index in [-0.39, 0.29) is 0 Å². The van der Waals surface area contributed by atoms with Crippen molar-refractivity contribution in [1.82, 2.24) is 9.97 Å². The second kappa shape index (κ2) is 14.0. The minimum Gasteiger partial charge on any atom is -0.455 e. The summed E-state index contributed by atoms with van der Waals surface area (Å²) in [5, 5.41) is 6.58. The lowest BCUT2D eigenvalue weighted by Crippen LogP contribution is -2.09. The van der Waals surface area contributed by atoms with Crippen LogP contribution in [0.5, 0.6) is 0 Å². The topological polar surface area (TPSA) is 42.2 Å². The van der Waals surface area contributed by atoms with Crippen LogP contribution in [0.15, 0.2) is 217 Å². The van der Waals surface area contributed by atoms with Gasteiger partial charge < -0.3 is 9.32 Å². The molecule has 0 aliphatic heterocycles. The summed E-state index contributed by atoms with van der Waals surface area (Å²) in [4.78, 5) is 12.9. The van der Waals surface area contributed by atoms with E-state index in [1.807, 2.05) is 24.3 Å². The van der Waals surface area contributed by atoms with Gasteiger partial charge in [0.25, 0.3) is 0 Å². The molecule has 0 saturated carbocycles. The van der Waals surface area contributed by atoms with Crippen LogP contribution in [-0.4, -0.2) is 9.97 Å². The Labute approximate surface area is 335 Å². The van der Waals surface area contributed by atoms with Gasteiger partial charge in [0.05, 0.1) is 11.4 Å². The first kappa shape index (κ1) is 33.5. The van der Waals surface area contributed by atoms with Gasteiger partial charge >= 0.3 is 0 Å². The maximum atomic E-state index is 6.59. The summed E-state index contributed by atoms with van der Waals surface area (Å²) >= 11 is 0. The van der Waals surface area contributed by atoms with E-state index in [2.05, 4.69) is 193 Å². The molecular weight excluding hydrogens is 707 g/mol. The number of fused-ring (bicyclic) bond motifs is 6. The molecule has 0 atom stereocenters. The summed E-state index contributed by atoms with van der Waals surface area (Å²) in [5.74, 6) is 0.666. The molecule has 4 heteroatoms. The summed E-state index contributed by atoms with van der Waals surface area (Å²) in [5.41, 5.74) is 12.0. The number of aromatic nitrogens is 2. The monoisotopic (exact) mass is 741 g/mol. The van der Waals surface area contributed by atoms with Gasteiger partial charge in [0.2, 0.25) is 0 Å². The van der Waals surface area contributed by atoms with Gasteiger partial charge in [-0.25, -0.2) is 9.97 Å². The van der Waals surface area contributed by atoms with Crippen LogP contribution in [0.4, 0.5) is 17.1 Å². The molecule has 0 fully saturated rings. The molecule has 11 rings (SSSR count). The van der Waals surface area contributed by atoms with E-state index in [4.69, 9.17) is 14.4 Å². The predicted molar refractivity (Wildman–Crippen MR) is 241 cm³/mol. The number of benzene rings is 9. The average molecular weight is 742 g/mol. The van der Waals surface area contributed by atoms with Crippen LogP contribution in [0.25, 0.3) is 88.5 Å². The van der Waals surface area contributed by atoms with Gasteiger partial charge in [-0.15, -0.1) is 0 Å². The zero-order valence-corrected chi connectivity index (χ0v) is 31.5. The van der Waals surface area contributed by atoms with Crippen molar-refractivity contribution in [2.75, 3.05) is 4.90 Å². The van der Waals surface area contributed by atoms with E-state index in [0.717, 1.165) is 89.0 Å². The minimum absolute atomic E-state index is 0.666. The largest absolute Gasteiger partial charge is 0.455 e. The number of hydrogen-bond acceptors (Lipinski definition) is 4. The minimum atomic E-state index is 0.666. The Kier molecular flexibility index (Phi) is 8.11. The fourth-order valence-corrected chi connectivity index (χ4v) is 8.18. The Morgan fingerprint density at radius 2 is 0.931 bits per heavy atom. The molecule has 11 aromatic rings. The highest BCUT2D eigenvalue weighted by molar-refractivity contribution is 6.19. The molecule has 4 nitrogen and oxygen atoms in total. The Morgan fingerprint density at radius 3 is 1.66 bits per heavy atom. The highest BCUT2D eigenvalue weighted by Crippen LogP contribution is 2.42. The molecule has 0 aliphatic carbocycles. The Balaban J connectivity index is 1.08. The van der Waals surface area contributed by atoms with Gasteiger partial charge in [0, 0.05) is 49.9 Å². The van der Waals surface area contributed by atoms with Gasteiger partial charge in [-0.1, -0.05) is 146 Å². The maximum Gasteiger partial charge on any atom is 0.161 e. The Hall–Kier alpha value is -7.82. The van der Waals surface area contributed by atoms with Gasteiger partial charge in [-0.2, -0.15) is 0 Å². The Bertz CT molecular complexity index is 3210. The lowest BCUT2D eigenvalue weighted by atomic mass is 9.95. The molecule has 0 bridgehead atoms. The van der Waals surface area contributed by atoms with Crippen molar-refractivity contribution in [2.24, 2.45) is 0 Å². The first-order valence-corrected chi connectivity index (χ1v) is 19.6. The van der Waals surface area contributed by atoms with Crippen LogP contribution in [0.2, 0.25) is 0 Å². The highest BCUT2D eigenvalue weighted by Gasteiger charge is 2.20. The summed E-state index contributed by atoms with van der Waals surface area (Å²) in [7, 11) is 0. The van der Waals surface area contributed by atoms with Crippen molar-refractivity contribution in [3.8, 4) is 45.0 Å². The molecule has 0 saturated heterocycles. The summed E-state index contributed by atoms with van der Waals surface area (Å²) in [6, 6.07) is 74.5. The average Bonchev–Trinajstić information content (AvgIpc) is 3.68. The van der Waals surface area contributed by atoms with Crippen LogP contribution >= 0.6 is 0 Å². The molecule has 0 N–H and O–H groups in total. The zero-order valence-electron chi connectivity index (χ0n) is 31.5. The second-order valence-electron chi connectivity index (χ2n) is 14.6. The standard InChI is InChI=1S/C54H35N3O/c1-4-15-38(16-5-1)50-35-51(39-17-6-2-7-18-39)56-54(55-50)49-34-48-45-22-12-13-23-52(45)58-53(48)46-31-27-41(33-47(46)49)37-24-28-43(29-25-37)57(42-20-8-3-9-21-42)44-30-26-36-14-10-11-19-40(36)32-44/h1-35H. The van der Waals surface area contributed by atoms with E-state index < -0.39 is 0 Å². The number of para-hydroxylation sites is 2. The molecule has 0 aliphatic rings. The molecule has 2 aromatic heterocycles. The lowest BCUT2D eigenvalue weighted by Gasteiger charge is -2.26. The first-order chi connectivity index (χ1) is 28.7. The van der Waals surface area contributed by atoms with Crippen LogP contribution in [0.1, 0.15) is 0 Å². The Morgan fingerprint density at radius 1 is 0.345 bits per heavy atom. The first-order valence-electron chi connectivity index (χ1n) is 19.6. The van der Waals surface area contributed by atoms with E-state index in [9.17, 15) is 0 Å². The molecule has 58 heavy (non-hydrogen) atoms.